The van der Waals surface area contributed by atoms with Gasteiger partial charge in [-0.25, -0.2) is 0 Å². The first-order valence-corrected chi connectivity index (χ1v) is 10.8. The van der Waals surface area contributed by atoms with Crippen LogP contribution in [-0.4, -0.2) is 64.6 Å². The lowest BCUT2D eigenvalue weighted by Gasteiger charge is -2.41. The maximum Gasteiger partial charge on any atom is 0.320 e. The average molecular weight is 401 g/mol. The normalized spacial score (nSPS) is 28.3. The second kappa shape index (κ2) is 10.3. The average Bonchev–Trinajstić information content (AvgIpc) is 2.94. The van der Waals surface area contributed by atoms with Gasteiger partial charge in [0.25, 0.3) is 0 Å². The van der Waals surface area contributed by atoms with Crippen LogP contribution >= 0.6 is 11.8 Å². The summed E-state index contributed by atoms with van der Waals surface area (Å²) < 4.78 is 0. The number of nitrogens with one attached hydrogen (secondary N) is 3. The van der Waals surface area contributed by atoms with Gasteiger partial charge in [-0.05, 0) is 39.0 Å². The Bertz CT molecular complexity index is 547. The van der Waals surface area contributed by atoms with Crippen molar-refractivity contribution >= 4 is 29.5 Å². The smallest absolute Gasteiger partial charge is 0.320 e. The molecule has 8 nitrogen and oxygen atoms in total. The molecule has 9 heteroatoms. The fraction of sp³-hybridized carbons (Fsp3) is 0.833. The van der Waals surface area contributed by atoms with Crippen LogP contribution < -0.4 is 21.7 Å². The fourth-order valence-corrected chi connectivity index (χ4v) is 5.44. The number of fused-ring (bicyclic) bond motifs is 1. The van der Waals surface area contributed by atoms with Gasteiger partial charge < -0.3 is 26.8 Å². The second-order valence-electron chi connectivity index (χ2n) is 7.61. The van der Waals surface area contributed by atoms with E-state index in [2.05, 4.69) is 22.9 Å². The van der Waals surface area contributed by atoms with Crippen molar-refractivity contribution < 1.29 is 19.5 Å². The van der Waals surface area contributed by atoms with Gasteiger partial charge in [-0.3, -0.25) is 14.4 Å². The molecule has 4 atom stereocenters. The van der Waals surface area contributed by atoms with E-state index in [0.29, 0.717) is 37.6 Å². The number of piperazine rings is 1. The van der Waals surface area contributed by atoms with Crippen LogP contribution in [0.4, 0.5) is 0 Å². The van der Waals surface area contributed by atoms with Crippen LogP contribution in [-0.2, 0) is 14.4 Å². The van der Waals surface area contributed by atoms with Crippen LogP contribution in [0.2, 0.25) is 0 Å². The first-order chi connectivity index (χ1) is 12.8. The maximum atomic E-state index is 11.9. The second-order valence-corrected chi connectivity index (χ2v) is 8.85. The largest absolute Gasteiger partial charge is 0.480 e. The molecule has 6 N–H and O–H groups in total. The Kier molecular flexibility index (Phi) is 8.37. The van der Waals surface area contributed by atoms with Crippen molar-refractivity contribution in [3.05, 3.63) is 0 Å². The molecule has 2 aliphatic rings. The maximum absolute atomic E-state index is 11.9. The van der Waals surface area contributed by atoms with Crippen LogP contribution in [0.5, 0.6) is 0 Å². The third-order valence-corrected chi connectivity index (χ3v) is 7.18. The standard InChI is InChI=1S/C18H32N4O4S/c1-18-13(22-16(24)10-21-18)11-27-14(18)7-2-3-8-15(23)20-9-5-4-6-12(19)17(25)26/h12-14,21H,2-11,19H2,1H3,(H,20,23)(H,22,24)(H,25,26)/t12?,13-,14-,18-/m0/s1. The van der Waals surface area contributed by atoms with E-state index in [9.17, 15) is 14.4 Å². The fourth-order valence-electron chi connectivity index (χ4n) is 3.66. The molecule has 0 radical (unpaired) electrons. The lowest BCUT2D eigenvalue weighted by molar-refractivity contribution is -0.138. The number of hydrogen-bond donors (Lipinski definition) is 5. The first kappa shape index (κ1) is 22.0. The molecule has 2 fully saturated rings. The van der Waals surface area contributed by atoms with Crippen molar-refractivity contribution in [1.82, 2.24) is 16.0 Å². The molecule has 0 aliphatic carbocycles. The van der Waals surface area contributed by atoms with Gasteiger partial charge in [-0.1, -0.05) is 6.42 Å². The minimum absolute atomic E-state index is 0.0451. The van der Waals surface area contributed by atoms with Crippen LogP contribution in [0.3, 0.4) is 0 Å². The van der Waals surface area contributed by atoms with Gasteiger partial charge in [0, 0.05) is 29.5 Å². The summed E-state index contributed by atoms with van der Waals surface area (Å²) in [7, 11) is 0. The minimum atomic E-state index is -0.981. The van der Waals surface area contributed by atoms with Crippen molar-refractivity contribution in [2.75, 3.05) is 18.8 Å². The summed E-state index contributed by atoms with van der Waals surface area (Å²) in [5.41, 5.74) is 5.38. The SMILES string of the molecule is C[C@]12NCC(=O)N[C@H]1CS[C@H]2CCCCC(=O)NCCCCC(N)C(=O)O. The van der Waals surface area contributed by atoms with E-state index in [4.69, 9.17) is 10.8 Å². The van der Waals surface area contributed by atoms with Crippen molar-refractivity contribution in [3.8, 4) is 0 Å². The number of unbranched alkanes of at least 4 members (excludes halogenated alkanes) is 2. The Morgan fingerprint density at radius 1 is 1.37 bits per heavy atom. The lowest BCUT2D eigenvalue weighted by Crippen LogP contribution is -2.67. The zero-order valence-corrected chi connectivity index (χ0v) is 16.8. The molecule has 0 aromatic rings. The van der Waals surface area contributed by atoms with Gasteiger partial charge in [-0.15, -0.1) is 0 Å². The highest BCUT2D eigenvalue weighted by molar-refractivity contribution is 8.00. The van der Waals surface area contributed by atoms with Gasteiger partial charge >= 0.3 is 5.97 Å². The van der Waals surface area contributed by atoms with Crippen LogP contribution in [0.1, 0.15) is 51.9 Å². The van der Waals surface area contributed by atoms with E-state index in [-0.39, 0.29) is 23.4 Å². The number of carboxylic acid groups (broad SMARTS) is 1. The van der Waals surface area contributed by atoms with E-state index in [1.807, 2.05) is 11.8 Å². The number of nitrogens with two attached hydrogens (primary N) is 1. The first-order valence-electron chi connectivity index (χ1n) is 9.74. The van der Waals surface area contributed by atoms with Gasteiger partial charge in [0.2, 0.25) is 11.8 Å². The molecule has 1 unspecified atom stereocenters. The van der Waals surface area contributed by atoms with Crippen LogP contribution in [0.25, 0.3) is 0 Å². The Labute approximate surface area is 164 Å². The number of aliphatic carboxylic acids is 1. The number of rotatable bonds is 11. The van der Waals surface area contributed by atoms with E-state index in [0.717, 1.165) is 31.4 Å². The van der Waals surface area contributed by atoms with Crippen molar-refractivity contribution in [2.45, 2.75) is 74.7 Å². The predicted molar refractivity (Wildman–Crippen MR) is 106 cm³/mol. The highest BCUT2D eigenvalue weighted by Crippen LogP contribution is 2.40. The Morgan fingerprint density at radius 2 is 2.15 bits per heavy atom. The molecule has 2 saturated heterocycles. The molecule has 2 amide bonds. The molecule has 154 valence electrons. The predicted octanol–water partition coefficient (Wildman–Crippen LogP) is 0.207. The molecule has 27 heavy (non-hydrogen) atoms. The topological polar surface area (TPSA) is 134 Å². The van der Waals surface area contributed by atoms with Gasteiger partial charge in [0.15, 0.2) is 0 Å². The van der Waals surface area contributed by atoms with Crippen molar-refractivity contribution in [1.29, 1.82) is 0 Å². The van der Waals surface area contributed by atoms with Gasteiger partial charge in [0.05, 0.1) is 12.6 Å². The van der Waals surface area contributed by atoms with Crippen LogP contribution in [0.15, 0.2) is 0 Å². The molecule has 0 saturated carbocycles. The number of hydrogen-bond acceptors (Lipinski definition) is 6. The molecule has 0 spiro atoms. The molecule has 0 aromatic heterocycles. The monoisotopic (exact) mass is 400 g/mol. The summed E-state index contributed by atoms with van der Waals surface area (Å²) in [6.07, 6.45) is 5.23. The number of carboxylic acids is 1. The summed E-state index contributed by atoms with van der Waals surface area (Å²) in [6.45, 7) is 3.13. The molecule has 2 rings (SSSR count). The molecule has 2 aliphatic heterocycles. The van der Waals surface area contributed by atoms with Gasteiger partial charge in [0.1, 0.15) is 6.04 Å². The Balaban J connectivity index is 1.53. The van der Waals surface area contributed by atoms with E-state index in [1.54, 1.807) is 0 Å². The molecule has 0 aromatic carbocycles. The summed E-state index contributed by atoms with van der Waals surface area (Å²) in [6, 6.07) is -0.631. The highest BCUT2D eigenvalue weighted by Gasteiger charge is 2.49. The zero-order chi connectivity index (χ0) is 19.9. The minimum Gasteiger partial charge on any atom is -0.480 e. The number of amides is 2. The Hall–Kier alpha value is -1.32. The number of carbonyl (C=O) groups excluding carboxylic acids is 2. The summed E-state index contributed by atoms with van der Waals surface area (Å²) >= 11 is 1.90. The van der Waals surface area contributed by atoms with E-state index < -0.39 is 12.0 Å². The van der Waals surface area contributed by atoms with E-state index in [1.165, 1.54) is 0 Å². The third kappa shape index (κ3) is 6.36. The molecular weight excluding hydrogens is 368 g/mol. The van der Waals surface area contributed by atoms with Crippen molar-refractivity contribution in [2.24, 2.45) is 5.73 Å². The Morgan fingerprint density at radius 3 is 2.89 bits per heavy atom. The lowest BCUT2D eigenvalue weighted by atomic mass is 9.85. The quantitative estimate of drug-likeness (QED) is 0.313. The number of carbonyl (C=O) groups is 3. The molecule has 2 heterocycles. The third-order valence-electron chi connectivity index (χ3n) is 5.52. The molecular formula is C18H32N4O4S. The summed E-state index contributed by atoms with van der Waals surface area (Å²) in [4.78, 5) is 34.0. The molecule has 0 bridgehead atoms. The zero-order valence-electron chi connectivity index (χ0n) is 16.0. The summed E-state index contributed by atoms with van der Waals surface area (Å²) in [5.74, 6) is 0.0703. The number of thioether (sulfide) groups is 1. The summed E-state index contributed by atoms with van der Waals surface area (Å²) in [5, 5.41) is 18.5. The van der Waals surface area contributed by atoms with Gasteiger partial charge in [-0.2, -0.15) is 11.8 Å². The highest BCUT2D eigenvalue weighted by atomic mass is 32.2. The van der Waals surface area contributed by atoms with E-state index >= 15 is 0 Å². The van der Waals surface area contributed by atoms with Crippen LogP contribution in [0, 0.1) is 0 Å². The van der Waals surface area contributed by atoms with Crippen molar-refractivity contribution in [3.63, 3.8) is 0 Å².